The molecule has 0 bridgehead atoms. The molecule has 0 aliphatic rings. The van der Waals surface area contributed by atoms with Gasteiger partial charge < -0.3 is 18.7 Å². The van der Waals surface area contributed by atoms with Gasteiger partial charge in [0.2, 0.25) is 0 Å². The van der Waals surface area contributed by atoms with Gasteiger partial charge in [0, 0.05) is 17.4 Å². The molecule has 0 saturated carbocycles. The number of rotatable bonds is 4. The molecule has 3 rings (SSSR count). The van der Waals surface area contributed by atoms with Crippen molar-refractivity contribution in [1.29, 1.82) is 0 Å². The Bertz CT molecular complexity index is 780. The maximum Gasteiger partial charge on any atom is 0.303 e. The highest BCUT2D eigenvalue weighted by Crippen LogP contribution is 2.41. The molecule has 2 aromatic heterocycles. The standard InChI is InChI=1S/C16H16O5/c1-8-6-11-10(4-5-13(17)18)14-12(7-9(2)20-14)15(19-3)16(11)21-8/h6-7H,4-5H2,1-3H3,(H,17,18). The molecule has 110 valence electrons. The number of benzene rings is 1. The summed E-state index contributed by atoms with van der Waals surface area (Å²) in [5.41, 5.74) is 2.18. The molecule has 21 heavy (non-hydrogen) atoms. The molecule has 0 atom stereocenters. The second-order valence-electron chi connectivity index (χ2n) is 5.11. The number of carbonyl (C=O) groups is 1. The smallest absolute Gasteiger partial charge is 0.303 e. The molecule has 0 radical (unpaired) electrons. The molecular formula is C16H16O5. The van der Waals surface area contributed by atoms with Gasteiger partial charge in [0.25, 0.3) is 0 Å². The number of carboxylic acid groups (broad SMARTS) is 1. The molecule has 0 saturated heterocycles. The third kappa shape index (κ3) is 2.14. The first-order valence-corrected chi connectivity index (χ1v) is 6.72. The number of methoxy groups -OCH3 is 1. The van der Waals surface area contributed by atoms with Crippen LogP contribution >= 0.6 is 0 Å². The second-order valence-corrected chi connectivity index (χ2v) is 5.11. The van der Waals surface area contributed by atoms with E-state index < -0.39 is 5.97 Å². The van der Waals surface area contributed by atoms with Crippen LogP contribution in [-0.2, 0) is 11.2 Å². The lowest BCUT2D eigenvalue weighted by Crippen LogP contribution is -1.98. The highest BCUT2D eigenvalue weighted by Gasteiger charge is 2.21. The van der Waals surface area contributed by atoms with Crippen molar-refractivity contribution in [3.05, 3.63) is 29.2 Å². The number of carboxylic acids is 1. The van der Waals surface area contributed by atoms with E-state index in [1.165, 1.54) is 0 Å². The molecule has 0 spiro atoms. The number of aryl methyl sites for hydroxylation is 3. The summed E-state index contributed by atoms with van der Waals surface area (Å²) in [6.45, 7) is 3.71. The summed E-state index contributed by atoms with van der Waals surface area (Å²) in [6, 6.07) is 3.78. The Morgan fingerprint density at radius 3 is 2.38 bits per heavy atom. The zero-order chi connectivity index (χ0) is 15.1. The van der Waals surface area contributed by atoms with Gasteiger partial charge >= 0.3 is 5.97 Å². The van der Waals surface area contributed by atoms with Crippen LogP contribution < -0.4 is 4.74 Å². The van der Waals surface area contributed by atoms with Crippen LogP contribution in [0, 0.1) is 13.8 Å². The van der Waals surface area contributed by atoms with Crippen LogP contribution in [0.25, 0.3) is 21.9 Å². The number of fused-ring (bicyclic) bond motifs is 2. The maximum absolute atomic E-state index is 10.9. The largest absolute Gasteiger partial charge is 0.492 e. The lowest BCUT2D eigenvalue weighted by Gasteiger charge is -2.07. The van der Waals surface area contributed by atoms with E-state index in [1.807, 2.05) is 26.0 Å². The summed E-state index contributed by atoms with van der Waals surface area (Å²) in [7, 11) is 1.59. The van der Waals surface area contributed by atoms with Crippen molar-refractivity contribution in [2.24, 2.45) is 0 Å². The van der Waals surface area contributed by atoms with Crippen LogP contribution in [0.3, 0.4) is 0 Å². The topological polar surface area (TPSA) is 72.8 Å². The van der Waals surface area contributed by atoms with Crippen molar-refractivity contribution >= 4 is 27.9 Å². The normalized spacial score (nSPS) is 11.4. The molecule has 1 aromatic carbocycles. The van der Waals surface area contributed by atoms with Gasteiger partial charge in [-0.05, 0) is 32.4 Å². The van der Waals surface area contributed by atoms with Crippen molar-refractivity contribution in [2.75, 3.05) is 7.11 Å². The molecule has 0 amide bonds. The van der Waals surface area contributed by atoms with E-state index in [0.29, 0.717) is 23.3 Å². The average molecular weight is 288 g/mol. The molecule has 0 fully saturated rings. The lowest BCUT2D eigenvalue weighted by atomic mass is 10.0. The van der Waals surface area contributed by atoms with Gasteiger partial charge in [0.15, 0.2) is 11.3 Å². The van der Waals surface area contributed by atoms with Crippen LogP contribution in [0.15, 0.2) is 21.0 Å². The van der Waals surface area contributed by atoms with Gasteiger partial charge in [0.05, 0.1) is 12.5 Å². The fourth-order valence-corrected chi connectivity index (χ4v) is 2.74. The third-order valence-electron chi connectivity index (χ3n) is 3.55. The van der Waals surface area contributed by atoms with Crippen molar-refractivity contribution in [1.82, 2.24) is 0 Å². The van der Waals surface area contributed by atoms with Crippen LogP contribution in [-0.4, -0.2) is 18.2 Å². The highest BCUT2D eigenvalue weighted by molar-refractivity contribution is 6.05. The van der Waals surface area contributed by atoms with Crippen molar-refractivity contribution < 1.29 is 23.5 Å². The number of ether oxygens (including phenoxy) is 1. The molecule has 0 aliphatic carbocycles. The van der Waals surface area contributed by atoms with Crippen LogP contribution in [0.1, 0.15) is 23.5 Å². The Balaban J connectivity index is 2.36. The monoisotopic (exact) mass is 288 g/mol. The Kier molecular flexibility index (Phi) is 3.12. The van der Waals surface area contributed by atoms with E-state index in [1.54, 1.807) is 7.11 Å². The van der Waals surface area contributed by atoms with Gasteiger partial charge in [-0.15, -0.1) is 0 Å². The van der Waals surface area contributed by atoms with E-state index in [2.05, 4.69) is 0 Å². The summed E-state index contributed by atoms with van der Waals surface area (Å²) >= 11 is 0. The Hall–Kier alpha value is -2.43. The summed E-state index contributed by atoms with van der Waals surface area (Å²) in [4.78, 5) is 10.9. The minimum Gasteiger partial charge on any atom is -0.492 e. The van der Waals surface area contributed by atoms with Gasteiger partial charge in [-0.2, -0.15) is 0 Å². The Labute approximate surface area is 121 Å². The fraction of sp³-hybridized carbons (Fsp3) is 0.312. The van der Waals surface area contributed by atoms with Crippen molar-refractivity contribution in [2.45, 2.75) is 26.7 Å². The molecular weight excluding hydrogens is 272 g/mol. The molecule has 3 aromatic rings. The van der Waals surface area contributed by atoms with E-state index in [0.717, 1.165) is 27.9 Å². The fourth-order valence-electron chi connectivity index (χ4n) is 2.74. The number of furan rings is 2. The predicted octanol–water partition coefficient (Wildman–Crippen LogP) is 3.82. The second kappa shape index (κ2) is 4.84. The minimum absolute atomic E-state index is 0.0422. The summed E-state index contributed by atoms with van der Waals surface area (Å²) < 4.78 is 17.0. The average Bonchev–Trinajstić information content (AvgIpc) is 2.96. The van der Waals surface area contributed by atoms with Gasteiger partial charge in [-0.25, -0.2) is 0 Å². The first-order valence-electron chi connectivity index (χ1n) is 6.72. The van der Waals surface area contributed by atoms with E-state index in [-0.39, 0.29) is 6.42 Å². The third-order valence-corrected chi connectivity index (χ3v) is 3.55. The first kappa shape index (κ1) is 13.5. The number of hydrogen-bond acceptors (Lipinski definition) is 4. The maximum atomic E-state index is 10.9. The lowest BCUT2D eigenvalue weighted by molar-refractivity contribution is -0.136. The molecule has 2 heterocycles. The summed E-state index contributed by atoms with van der Waals surface area (Å²) in [5.74, 6) is 1.30. The first-order chi connectivity index (χ1) is 10.0. The molecule has 5 heteroatoms. The molecule has 5 nitrogen and oxygen atoms in total. The Morgan fingerprint density at radius 1 is 1.14 bits per heavy atom. The quantitative estimate of drug-likeness (QED) is 0.790. The number of aliphatic carboxylic acids is 1. The minimum atomic E-state index is -0.837. The van der Waals surface area contributed by atoms with E-state index in [4.69, 9.17) is 18.7 Å². The van der Waals surface area contributed by atoms with Crippen molar-refractivity contribution in [3.8, 4) is 5.75 Å². The molecule has 0 unspecified atom stereocenters. The van der Waals surface area contributed by atoms with Crippen LogP contribution in [0.2, 0.25) is 0 Å². The summed E-state index contributed by atoms with van der Waals surface area (Å²) in [5, 5.41) is 10.6. The summed E-state index contributed by atoms with van der Waals surface area (Å²) in [6.07, 6.45) is 0.429. The molecule has 1 N–H and O–H groups in total. The van der Waals surface area contributed by atoms with E-state index >= 15 is 0 Å². The van der Waals surface area contributed by atoms with Crippen LogP contribution in [0.4, 0.5) is 0 Å². The number of hydrogen-bond donors (Lipinski definition) is 1. The SMILES string of the molecule is COc1c2cc(C)oc2c(CCC(=O)O)c2cc(C)oc12. The van der Waals surface area contributed by atoms with Crippen LogP contribution in [0.5, 0.6) is 5.75 Å². The van der Waals surface area contributed by atoms with Crippen molar-refractivity contribution in [3.63, 3.8) is 0 Å². The van der Waals surface area contributed by atoms with Gasteiger partial charge in [-0.3, -0.25) is 4.79 Å². The van der Waals surface area contributed by atoms with Gasteiger partial charge in [-0.1, -0.05) is 0 Å². The van der Waals surface area contributed by atoms with Gasteiger partial charge in [0.1, 0.15) is 17.1 Å². The van der Waals surface area contributed by atoms with E-state index in [9.17, 15) is 4.79 Å². The zero-order valence-electron chi connectivity index (χ0n) is 12.1. The predicted molar refractivity (Wildman–Crippen MR) is 78.0 cm³/mol. The highest BCUT2D eigenvalue weighted by atomic mass is 16.5. The zero-order valence-corrected chi connectivity index (χ0v) is 12.1. The molecule has 0 aliphatic heterocycles. The Morgan fingerprint density at radius 2 is 1.76 bits per heavy atom.